The van der Waals surface area contributed by atoms with Gasteiger partial charge in [-0.1, -0.05) is 78.9 Å². The van der Waals surface area contributed by atoms with E-state index in [1.165, 1.54) is 5.57 Å². The molecule has 0 radical (unpaired) electrons. The number of hydrogen-bond acceptors (Lipinski definition) is 8. The van der Waals surface area contributed by atoms with Crippen LogP contribution in [0.5, 0.6) is 5.75 Å². The second-order valence-corrected chi connectivity index (χ2v) is 11.2. The quantitative estimate of drug-likeness (QED) is 0.116. The normalized spacial score (nSPS) is 14.2. The molecule has 10 heteroatoms. The largest absolute Gasteiger partial charge is 0.497 e. The molecule has 3 aromatic carbocycles. The number of piperidine rings is 1. The van der Waals surface area contributed by atoms with Crippen LogP contribution in [0.4, 0.5) is 4.79 Å². The van der Waals surface area contributed by atoms with E-state index < -0.39 is 18.0 Å². The van der Waals surface area contributed by atoms with Gasteiger partial charge in [0, 0.05) is 32.7 Å². The van der Waals surface area contributed by atoms with Crippen molar-refractivity contribution in [1.82, 2.24) is 15.3 Å². The highest BCUT2D eigenvalue weighted by Gasteiger charge is 2.25. The lowest BCUT2D eigenvalue weighted by Crippen LogP contribution is -2.46. The lowest BCUT2D eigenvalue weighted by atomic mass is 10.0. The smallest absolute Gasteiger partial charge is 0.407 e. The summed E-state index contributed by atoms with van der Waals surface area (Å²) in [7, 11) is 1.64. The lowest BCUT2D eigenvalue weighted by Gasteiger charge is -2.29. The Morgan fingerprint density at radius 2 is 1.59 bits per heavy atom. The first-order valence-corrected chi connectivity index (χ1v) is 15.7. The second-order valence-electron chi connectivity index (χ2n) is 11.2. The predicted octanol–water partition coefficient (Wildman–Crippen LogP) is 4.93. The molecule has 1 atom stereocenters. The zero-order valence-corrected chi connectivity index (χ0v) is 26.7. The Balaban J connectivity index is 1.32. The predicted molar refractivity (Wildman–Crippen MR) is 178 cm³/mol. The minimum atomic E-state index is -0.794. The Bertz CT molecular complexity index is 1360. The van der Waals surface area contributed by atoms with Crippen molar-refractivity contribution in [3.05, 3.63) is 102 Å². The molecule has 10 nitrogen and oxygen atoms in total. The molecule has 3 aromatic rings. The van der Waals surface area contributed by atoms with E-state index in [2.05, 4.69) is 16.8 Å². The molecule has 1 saturated heterocycles. The van der Waals surface area contributed by atoms with Gasteiger partial charge in [0.15, 0.2) is 0 Å². The number of benzene rings is 3. The van der Waals surface area contributed by atoms with Gasteiger partial charge in [-0.2, -0.15) is 5.06 Å². The van der Waals surface area contributed by atoms with Crippen LogP contribution in [0.3, 0.4) is 0 Å². The number of nitrogens with zero attached hydrogens (tertiary/aromatic N) is 2. The highest BCUT2D eigenvalue weighted by Crippen LogP contribution is 2.23. The van der Waals surface area contributed by atoms with Crippen molar-refractivity contribution in [1.29, 1.82) is 0 Å². The SMILES string of the molecule is C=C1CCN(CCOCCON(Cc2ccc(-c3ccc(OC)cc3)cc2)C(CCNC(=O)OCc2ccccc2)C(N)=O)CC1. The van der Waals surface area contributed by atoms with E-state index in [9.17, 15) is 9.59 Å². The van der Waals surface area contributed by atoms with Gasteiger partial charge < -0.3 is 30.2 Å². The van der Waals surface area contributed by atoms with E-state index in [4.69, 9.17) is 24.8 Å². The molecular formula is C36H46N4O6. The minimum Gasteiger partial charge on any atom is -0.497 e. The fraction of sp³-hybridized carbons (Fsp3) is 0.389. The van der Waals surface area contributed by atoms with E-state index in [0.717, 1.165) is 60.5 Å². The molecule has 1 fully saturated rings. The highest BCUT2D eigenvalue weighted by molar-refractivity contribution is 5.79. The number of rotatable bonds is 18. The number of ether oxygens (including phenoxy) is 3. The average Bonchev–Trinajstić information content (AvgIpc) is 3.08. The van der Waals surface area contributed by atoms with Crippen LogP contribution in [0.2, 0.25) is 0 Å². The zero-order valence-electron chi connectivity index (χ0n) is 26.7. The first-order chi connectivity index (χ1) is 22.4. The number of carbonyl (C=O) groups is 2. The van der Waals surface area contributed by atoms with Crippen molar-refractivity contribution in [2.75, 3.05) is 53.1 Å². The van der Waals surface area contributed by atoms with Gasteiger partial charge >= 0.3 is 6.09 Å². The summed E-state index contributed by atoms with van der Waals surface area (Å²) < 4.78 is 16.4. The number of amides is 2. The number of alkyl carbamates (subject to hydrolysis) is 1. The first-order valence-electron chi connectivity index (χ1n) is 15.7. The third-order valence-corrected chi connectivity index (χ3v) is 7.89. The summed E-state index contributed by atoms with van der Waals surface area (Å²) in [5.41, 5.74) is 11.1. The van der Waals surface area contributed by atoms with Crippen LogP contribution < -0.4 is 15.8 Å². The number of hydroxylamine groups is 2. The Kier molecular flexibility index (Phi) is 14.1. The van der Waals surface area contributed by atoms with Crippen LogP contribution in [0.15, 0.2) is 91.0 Å². The van der Waals surface area contributed by atoms with Crippen LogP contribution in [0.1, 0.15) is 30.4 Å². The number of carbonyl (C=O) groups excluding carboxylic acids is 2. The van der Waals surface area contributed by atoms with Crippen molar-refractivity contribution < 1.29 is 28.6 Å². The molecule has 0 spiro atoms. The molecule has 0 saturated carbocycles. The fourth-order valence-electron chi connectivity index (χ4n) is 5.13. The van der Waals surface area contributed by atoms with Gasteiger partial charge in [0.25, 0.3) is 0 Å². The van der Waals surface area contributed by atoms with Crippen LogP contribution in [-0.2, 0) is 32.3 Å². The van der Waals surface area contributed by atoms with Crippen LogP contribution >= 0.6 is 0 Å². The van der Waals surface area contributed by atoms with E-state index >= 15 is 0 Å². The third kappa shape index (κ3) is 11.6. The maximum absolute atomic E-state index is 12.6. The van der Waals surface area contributed by atoms with Crippen molar-refractivity contribution in [3.63, 3.8) is 0 Å². The molecule has 2 amide bonds. The van der Waals surface area contributed by atoms with Gasteiger partial charge in [-0.25, -0.2) is 4.79 Å². The summed E-state index contributed by atoms with van der Waals surface area (Å²) in [6.45, 7) is 8.80. The Labute approximate surface area is 272 Å². The van der Waals surface area contributed by atoms with Crippen molar-refractivity contribution >= 4 is 12.0 Å². The standard InChI is InChI=1S/C36H46N4O6/c1-28-17-20-39(21-18-28)22-23-44-24-25-46-40(26-29-8-10-31(11-9-29)32-12-14-33(43-2)15-13-32)34(35(37)41)16-19-38-36(42)45-27-30-6-4-3-5-7-30/h3-15,34H,1,16-27H2,2H3,(H2,37,41)(H,38,42). The summed E-state index contributed by atoms with van der Waals surface area (Å²) in [5, 5.41) is 4.30. The number of nitrogens with one attached hydrogen (secondary N) is 1. The van der Waals surface area contributed by atoms with Crippen LogP contribution in [0, 0.1) is 0 Å². The number of nitrogens with two attached hydrogens (primary N) is 1. The maximum atomic E-state index is 12.6. The molecule has 46 heavy (non-hydrogen) atoms. The zero-order chi connectivity index (χ0) is 32.6. The summed E-state index contributed by atoms with van der Waals surface area (Å²) in [5.74, 6) is 0.244. The molecular weight excluding hydrogens is 584 g/mol. The molecule has 1 aliphatic heterocycles. The summed E-state index contributed by atoms with van der Waals surface area (Å²) in [4.78, 5) is 33.4. The lowest BCUT2D eigenvalue weighted by molar-refractivity contribution is -0.203. The molecule has 4 rings (SSSR count). The van der Waals surface area contributed by atoms with Gasteiger partial charge in [-0.15, -0.1) is 0 Å². The average molecular weight is 631 g/mol. The van der Waals surface area contributed by atoms with Gasteiger partial charge in [-0.3, -0.25) is 9.63 Å². The van der Waals surface area contributed by atoms with Gasteiger partial charge in [0.1, 0.15) is 18.4 Å². The number of methoxy groups -OCH3 is 1. The number of likely N-dealkylation sites (tertiary alicyclic amines) is 1. The van der Waals surface area contributed by atoms with E-state index in [1.54, 1.807) is 12.2 Å². The van der Waals surface area contributed by atoms with E-state index in [0.29, 0.717) is 19.8 Å². The first kappa shape index (κ1) is 34.6. The molecule has 3 N–H and O–H groups in total. The van der Waals surface area contributed by atoms with Crippen LogP contribution in [-0.4, -0.2) is 81.1 Å². The molecule has 1 aliphatic rings. The summed E-state index contributed by atoms with van der Waals surface area (Å²) >= 11 is 0. The third-order valence-electron chi connectivity index (χ3n) is 7.89. The van der Waals surface area contributed by atoms with E-state index in [1.807, 2.05) is 78.9 Å². The topological polar surface area (TPSA) is 116 Å². The minimum absolute atomic E-state index is 0.154. The molecule has 0 aliphatic carbocycles. The Morgan fingerprint density at radius 1 is 0.913 bits per heavy atom. The Hall–Kier alpha value is -4.22. The molecule has 246 valence electrons. The van der Waals surface area contributed by atoms with Gasteiger partial charge in [0.05, 0.1) is 26.9 Å². The maximum Gasteiger partial charge on any atom is 0.407 e. The molecule has 1 unspecified atom stereocenters. The molecule has 1 heterocycles. The van der Waals surface area contributed by atoms with E-state index in [-0.39, 0.29) is 26.2 Å². The van der Waals surface area contributed by atoms with Crippen molar-refractivity contribution in [2.24, 2.45) is 5.73 Å². The summed E-state index contributed by atoms with van der Waals surface area (Å²) in [6, 6.07) is 24.5. The number of hydrogen-bond donors (Lipinski definition) is 2. The summed E-state index contributed by atoms with van der Waals surface area (Å²) in [6.07, 6.45) is 1.74. The van der Waals surface area contributed by atoms with Gasteiger partial charge in [0.2, 0.25) is 5.91 Å². The van der Waals surface area contributed by atoms with Crippen molar-refractivity contribution in [3.8, 4) is 16.9 Å². The monoisotopic (exact) mass is 630 g/mol. The second kappa shape index (κ2) is 18.7. The number of primary amides is 1. The molecule has 0 aromatic heterocycles. The van der Waals surface area contributed by atoms with Gasteiger partial charge in [-0.05, 0) is 53.6 Å². The van der Waals surface area contributed by atoms with Crippen molar-refractivity contribution in [2.45, 2.75) is 38.5 Å². The molecule has 0 bridgehead atoms. The highest BCUT2D eigenvalue weighted by atomic mass is 16.7. The fourth-order valence-corrected chi connectivity index (χ4v) is 5.13. The Morgan fingerprint density at radius 3 is 2.24 bits per heavy atom. The van der Waals surface area contributed by atoms with Crippen LogP contribution in [0.25, 0.3) is 11.1 Å².